The van der Waals surface area contributed by atoms with Gasteiger partial charge in [0.25, 0.3) is 5.56 Å². The Morgan fingerprint density at radius 1 is 1.13 bits per heavy atom. The Labute approximate surface area is 187 Å². The third-order valence-electron chi connectivity index (χ3n) is 6.98. The van der Waals surface area contributed by atoms with Gasteiger partial charge in [0.1, 0.15) is 22.9 Å². The fraction of sp³-hybridized carbons (Fsp3) is 0.478. The normalized spacial score (nSPS) is 26.4. The van der Waals surface area contributed by atoms with Crippen LogP contribution in [0.2, 0.25) is 0 Å². The summed E-state index contributed by atoms with van der Waals surface area (Å²) in [6.45, 7) is 0. The van der Waals surface area contributed by atoms with Crippen molar-refractivity contribution in [1.29, 1.82) is 0 Å². The highest BCUT2D eigenvalue weighted by atomic mass is 79.9. The molecule has 3 fully saturated rings. The first kappa shape index (κ1) is 19.0. The van der Waals surface area contributed by atoms with E-state index in [2.05, 4.69) is 38.9 Å². The summed E-state index contributed by atoms with van der Waals surface area (Å²) >= 11 is 5.27. The predicted octanol–water partition coefficient (Wildman–Crippen LogP) is 5.09. The molecule has 1 unspecified atom stereocenters. The number of benzene rings is 1. The van der Waals surface area contributed by atoms with Crippen LogP contribution in [0.5, 0.6) is 5.75 Å². The molecule has 3 atom stereocenters. The molecule has 0 N–H and O–H groups in total. The number of halogens is 1. The fourth-order valence-corrected chi connectivity index (χ4v) is 6.73. The molecule has 3 aromatic rings. The molecule has 156 valence electrons. The van der Waals surface area contributed by atoms with Crippen LogP contribution < -0.4 is 10.3 Å². The summed E-state index contributed by atoms with van der Waals surface area (Å²) < 4.78 is 9.63. The lowest BCUT2D eigenvalue weighted by Gasteiger charge is -2.36. The maximum Gasteiger partial charge on any atom is 0.275 e. The third-order valence-corrected chi connectivity index (χ3v) is 8.87. The van der Waals surface area contributed by atoms with E-state index in [1.165, 1.54) is 30.6 Å². The largest absolute Gasteiger partial charge is 0.489 e. The summed E-state index contributed by atoms with van der Waals surface area (Å²) in [5.74, 6) is 1.49. The number of fused-ring (bicyclic) bond motifs is 3. The minimum Gasteiger partial charge on any atom is -0.489 e. The van der Waals surface area contributed by atoms with Gasteiger partial charge in [0.2, 0.25) is 0 Å². The second-order valence-corrected chi connectivity index (χ2v) is 10.9. The standard InChI is InChI=1S/C23H24BrN3O2S/c1-26-14-4-5-15(26)9-17(8-14)29-20-7-6-16(10-18(20)24)27-12-25-19-11-21(13-2-3-13)30-22(19)23(27)28/h6-7,10-15,17H,2-5,8-9H2,1H3/t14-,15+,17?. The van der Waals surface area contributed by atoms with Crippen molar-refractivity contribution in [1.82, 2.24) is 14.5 Å². The van der Waals surface area contributed by atoms with Crippen molar-refractivity contribution in [2.45, 2.75) is 62.6 Å². The number of rotatable bonds is 4. The van der Waals surface area contributed by atoms with Crippen LogP contribution in [0, 0.1) is 0 Å². The minimum absolute atomic E-state index is 0.00404. The molecule has 3 aliphatic rings. The summed E-state index contributed by atoms with van der Waals surface area (Å²) in [4.78, 5) is 21.5. The molecule has 2 bridgehead atoms. The van der Waals surface area contributed by atoms with E-state index in [-0.39, 0.29) is 11.7 Å². The Morgan fingerprint density at radius 2 is 1.90 bits per heavy atom. The van der Waals surface area contributed by atoms with Crippen molar-refractivity contribution in [2.24, 2.45) is 0 Å². The van der Waals surface area contributed by atoms with E-state index < -0.39 is 0 Å². The summed E-state index contributed by atoms with van der Waals surface area (Å²) in [7, 11) is 2.24. The zero-order valence-electron chi connectivity index (χ0n) is 16.9. The molecule has 30 heavy (non-hydrogen) atoms. The molecule has 2 aliphatic heterocycles. The van der Waals surface area contributed by atoms with Crippen LogP contribution in [-0.2, 0) is 0 Å². The maximum absolute atomic E-state index is 13.1. The molecule has 7 heteroatoms. The van der Waals surface area contributed by atoms with E-state index in [0.29, 0.717) is 18.0 Å². The highest BCUT2D eigenvalue weighted by Gasteiger charge is 2.39. The minimum atomic E-state index is 0.00404. The lowest BCUT2D eigenvalue weighted by Crippen LogP contribution is -2.43. The molecule has 0 amide bonds. The first-order valence-electron chi connectivity index (χ1n) is 10.8. The van der Waals surface area contributed by atoms with Crippen LogP contribution in [-0.4, -0.2) is 39.7 Å². The molecule has 0 spiro atoms. The first-order chi connectivity index (χ1) is 14.6. The number of thiophene rings is 1. The predicted molar refractivity (Wildman–Crippen MR) is 123 cm³/mol. The van der Waals surface area contributed by atoms with Gasteiger partial charge < -0.3 is 9.64 Å². The number of hydrogen-bond donors (Lipinski definition) is 0. The van der Waals surface area contributed by atoms with E-state index in [4.69, 9.17) is 4.74 Å². The first-order valence-corrected chi connectivity index (χ1v) is 12.4. The zero-order chi connectivity index (χ0) is 20.4. The highest BCUT2D eigenvalue weighted by molar-refractivity contribution is 9.10. The highest BCUT2D eigenvalue weighted by Crippen LogP contribution is 2.44. The Morgan fingerprint density at radius 3 is 2.60 bits per heavy atom. The van der Waals surface area contributed by atoms with Crippen LogP contribution in [0.1, 0.15) is 49.3 Å². The summed E-state index contributed by atoms with van der Waals surface area (Å²) in [5.41, 5.74) is 1.63. The molecule has 2 aromatic heterocycles. The van der Waals surface area contributed by atoms with Crippen molar-refractivity contribution in [3.63, 3.8) is 0 Å². The summed E-state index contributed by atoms with van der Waals surface area (Å²) in [6, 6.07) is 9.27. The SMILES string of the molecule is CN1[C@@H]2CC[C@H]1CC(Oc1ccc(-n3cnc4cc(C5CC5)sc4c3=O)cc1Br)C2. The molecule has 1 aliphatic carbocycles. The quantitative estimate of drug-likeness (QED) is 0.516. The Kier molecular flexibility index (Phi) is 4.55. The van der Waals surface area contributed by atoms with E-state index in [9.17, 15) is 4.79 Å². The fourth-order valence-electron chi connectivity index (χ4n) is 5.06. The van der Waals surface area contributed by atoms with Crippen molar-refractivity contribution in [3.8, 4) is 11.4 Å². The molecular formula is C23H24BrN3O2S. The van der Waals surface area contributed by atoms with Crippen LogP contribution in [0.4, 0.5) is 0 Å². The lowest BCUT2D eigenvalue weighted by molar-refractivity contribution is 0.0657. The van der Waals surface area contributed by atoms with Gasteiger partial charge in [-0.05, 0) is 91.7 Å². The van der Waals surface area contributed by atoms with E-state index in [1.54, 1.807) is 22.2 Å². The van der Waals surface area contributed by atoms with Gasteiger partial charge in [0, 0.05) is 17.0 Å². The second kappa shape index (κ2) is 7.18. The third kappa shape index (κ3) is 3.22. The van der Waals surface area contributed by atoms with Gasteiger partial charge in [-0.25, -0.2) is 4.98 Å². The summed E-state index contributed by atoms with van der Waals surface area (Å²) in [5, 5.41) is 0. The van der Waals surface area contributed by atoms with Gasteiger partial charge in [-0.1, -0.05) is 0 Å². The summed E-state index contributed by atoms with van der Waals surface area (Å²) in [6.07, 6.45) is 9.10. The molecule has 0 radical (unpaired) electrons. The number of hydrogen-bond acceptors (Lipinski definition) is 5. The zero-order valence-corrected chi connectivity index (χ0v) is 19.3. The van der Waals surface area contributed by atoms with Crippen molar-refractivity contribution >= 4 is 37.5 Å². The second-order valence-electron chi connectivity index (χ2n) is 8.93. The molecule has 4 heterocycles. The molecule has 1 aromatic carbocycles. The average molecular weight is 486 g/mol. The average Bonchev–Trinajstić information content (AvgIpc) is 3.46. The van der Waals surface area contributed by atoms with E-state index in [0.717, 1.165) is 39.0 Å². The van der Waals surface area contributed by atoms with Crippen LogP contribution in [0.25, 0.3) is 15.9 Å². The van der Waals surface area contributed by atoms with Gasteiger partial charge in [-0.3, -0.25) is 9.36 Å². The van der Waals surface area contributed by atoms with E-state index >= 15 is 0 Å². The monoisotopic (exact) mass is 485 g/mol. The Bertz CT molecular complexity index is 1170. The number of piperidine rings is 1. The molecule has 2 saturated heterocycles. The van der Waals surface area contributed by atoms with Gasteiger partial charge >= 0.3 is 0 Å². The number of aromatic nitrogens is 2. The Hall–Kier alpha value is -1.70. The van der Waals surface area contributed by atoms with Crippen LogP contribution in [0.15, 0.2) is 39.9 Å². The topological polar surface area (TPSA) is 47.4 Å². The molecule has 1 saturated carbocycles. The van der Waals surface area contributed by atoms with Crippen molar-refractivity contribution < 1.29 is 4.74 Å². The molecule has 5 nitrogen and oxygen atoms in total. The number of ether oxygens (including phenoxy) is 1. The van der Waals surface area contributed by atoms with Crippen LogP contribution >= 0.6 is 27.3 Å². The lowest BCUT2D eigenvalue weighted by atomic mass is 10.0. The van der Waals surface area contributed by atoms with Gasteiger partial charge in [-0.2, -0.15) is 0 Å². The smallest absolute Gasteiger partial charge is 0.275 e. The van der Waals surface area contributed by atoms with Gasteiger partial charge in [0.15, 0.2) is 0 Å². The van der Waals surface area contributed by atoms with Crippen LogP contribution in [0.3, 0.4) is 0 Å². The number of nitrogens with zero attached hydrogens (tertiary/aromatic N) is 3. The molecule has 6 rings (SSSR count). The van der Waals surface area contributed by atoms with Crippen molar-refractivity contribution in [3.05, 3.63) is 50.3 Å². The van der Waals surface area contributed by atoms with Gasteiger partial charge in [0.05, 0.1) is 15.7 Å². The van der Waals surface area contributed by atoms with Gasteiger partial charge in [-0.15, -0.1) is 11.3 Å². The maximum atomic E-state index is 13.1. The Balaban J connectivity index is 1.27. The molecular weight excluding hydrogens is 462 g/mol. The van der Waals surface area contributed by atoms with E-state index in [1.807, 2.05) is 18.2 Å². The van der Waals surface area contributed by atoms with Crippen molar-refractivity contribution in [2.75, 3.05) is 7.05 Å².